The lowest BCUT2D eigenvalue weighted by molar-refractivity contribution is -0.154. The summed E-state index contributed by atoms with van der Waals surface area (Å²) in [6, 6.07) is 1.72. The summed E-state index contributed by atoms with van der Waals surface area (Å²) in [7, 11) is 0. The second kappa shape index (κ2) is 8.08. The number of carbonyl (C=O) groups excluding carboxylic acids is 2. The van der Waals surface area contributed by atoms with Gasteiger partial charge in [-0.25, -0.2) is 9.97 Å². The Morgan fingerprint density at radius 3 is 2.50 bits per heavy atom. The van der Waals surface area contributed by atoms with E-state index in [0.29, 0.717) is 12.5 Å². The monoisotopic (exact) mass is 280 g/mol. The van der Waals surface area contributed by atoms with Crippen molar-refractivity contribution in [3.8, 4) is 0 Å². The molecule has 0 aromatic carbocycles. The van der Waals surface area contributed by atoms with Crippen molar-refractivity contribution in [3.63, 3.8) is 0 Å². The molecular weight excluding hydrogens is 260 g/mol. The first-order chi connectivity index (χ1) is 9.49. The predicted molar refractivity (Wildman–Crippen MR) is 74.0 cm³/mol. The number of anilines is 1. The van der Waals surface area contributed by atoms with Crippen LogP contribution >= 0.6 is 0 Å². The Kier molecular flexibility index (Phi) is 6.42. The van der Waals surface area contributed by atoms with E-state index in [9.17, 15) is 9.59 Å². The zero-order valence-electron chi connectivity index (χ0n) is 11.9. The third-order valence-corrected chi connectivity index (χ3v) is 2.29. The molecule has 0 radical (unpaired) electrons. The summed E-state index contributed by atoms with van der Waals surface area (Å²) in [6.45, 7) is 5.58. The summed E-state index contributed by atoms with van der Waals surface area (Å²) in [5.74, 6) is -0.293. The standard InChI is InChI=1S/C13H20N4O3/c1-9(2)17-12(19)10(3)20-11(18)5-8-16-13-14-6-4-7-15-13/h4,6-7,9-10H,5,8H2,1-3H3,(H,17,19)(H,14,15,16). The van der Waals surface area contributed by atoms with E-state index >= 15 is 0 Å². The largest absolute Gasteiger partial charge is 0.452 e. The molecule has 0 saturated carbocycles. The van der Waals surface area contributed by atoms with E-state index in [0.717, 1.165) is 0 Å². The van der Waals surface area contributed by atoms with E-state index in [2.05, 4.69) is 20.6 Å². The van der Waals surface area contributed by atoms with Crippen LogP contribution < -0.4 is 10.6 Å². The highest BCUT2D eigenvalue weighted by Gasteiger charge is 2.17. The minimum Gasteiger partial charge on any atom is -0.452 e. The molecule has 0 fully saturated rings. The molecule has 1 rings (SSSR count). The molecular formula is C13H20N4O3. The van der Waals surface area contributed by atoms with Crippen LogP contribution in [-0.4, -0.2) is 40.5 Å². The van der Waals surface area contributed by atoms with Crippen molar-refractivity contribution in [1.29, 1.82) is 0 Å². The molecule has 0 aliphatic carbocycles. The van der Waals surface area contributed by atoms with Gasteiger partial charge in [-0.15, -0.1) is 0 Å². The van der Waals surface area contributed by atoms with Gasteiger partial charge in [0.2, 0.25) is 5.95 Å². The fraction of sp³-hybridized carbons (Fsp3) is 0.538. The Hall–Kier alpha value is -2.18. The van der Waals surface area contributed by atoms with Gasteiger partial charge in [0.15, 0.2) is 6.10 Å². The number of aromatic nitrogens is 2. The Labute approximate surface area is 118 Å². The summed E-state index contributed by atoms with van der Waals surface area (Å²) in [6.07, 6.45) is 2.55. The molecule has 1 amide bonds. The molecule has 2 N–H and O–H groups in total. The number of carbonyl (C=O) groups is 2. The number of rotatable bonds is 7. The molecule has 1 atom stereocenters. The van der Waals surface area contributed by atoms with Gasteiger partial charge < -0.3 is 15.4 Å². The van der Waals surface area contributed by atoms with Crippen LogP contribution in [-0.2, 0) is 14.3 Å². The van der Waals surface area contributed by atoms with E-state index < -0.39 is 12.1 Å². The van der Waals surface area contributed by atoms with E-state index in [-0.39, 0.29) is 18.4 Å². The molecule has 1 unspecified atom stereocenters. The summed E-state index contributed by atoms with van der Waals surface area (Å²) < 4.78 is 5.02. The van der Waals surface area contributed by atoms with Crippen molar-refractivity contribution in [3.05, 3.63) is 18.5 Å². The van der Waals surface area contributed by atoms with E-state index in [4.69, 9.17) is 4.74 Å². The van der Waals surface area contributed by atoms with Gasteiger partial charge >= 0.3 is 5.97 Å². The molecule has 110 valence electrons. The van der Waals surface area contributed by atoms with Gasteiger partial charge in [0.05, 0.1) is 6.42 Å². The fourth-order valence-electron chi connectivity index (χ4n) is 1.38. The highest BCUT2D eigenvalue weighted by molar-refractivity contribution is 5.83. The predicted octanol–water partition coefficient (Wildman–Crippen LogP) is 0.735. The number of ether oxygens (including phenoxy) is 1. The minimum atomic E-state index is -0.794. The Bertz CT molecular complexity index is 437. The van der Waals surface area contributed by atoms with Crippen molar-refractivity contribution in [2.45, 2.75) is 39.3 Å². The Balaban J connectivity index is 2.24. The molecule has 1 heterocycles. The first kappa shape index (κ1) is 15.9. The van der Waals surface area contributed by atoms with Crippen molar-refractivity contribution < 1.29 is 14.3 Å². The number of hydrogen-bond donors (Lipinski definition) is 2. The molecule has 0 saturated heterocycles. The van der Waals surface area contributed by atoms with Crippen LogP contribution in [0.15, 0.2) is 18.5 Å². The molecule has 7 nitrogen and oxygen atoms in total. The highest BCUT2D eigenvalue weighted by atomic mass is 16.5. The lowest BCUT2D eigenvalue weighted by atomic mass is 10.3. The summed E-state index contributed by atoms with van der Waals surface area (Å²) in [4.78, 5) is 31.0. The molecule has 7 heteroatoms. The SMILES string of the molecule is CC(C)NC(=O)C(C)OC(=O)CCNc1ncccn1. The lowest BCUT2D eigenvalue weighted by Gasteiger charge is -2.15. The molecule has 1 aromatic rings. The molecule has 0 bridgehead atoms. The van der Waals surface area contributed by atoms with Crippen LogP contribution in [0.2, 0.25) is 0 Å². The third-order valence-electron chi connectivity index (χ3n) is 2.29. The van der Waals surface area contributed by atoms with Crippen molar-refractivity contribution in [1.82, 2.24) is 15.3 Å². The Morgan fingerprint density at radius 2 is 1.90 bits per heavy atom. The van der Waals surface area contributed by atoms with Crippen molar-refractivity contribution in [2.75, 3.05) is 11.9 Å². The van der Waals surface area contributed by atoms with Crippen LogP contribution in [0.5, 0.6) is 0 Å². The van der Waals surface area contributed by atoms with Crippen LogP contribution in [0.25, 0.3) is 0 Å². The topological polar surface area (TPSA) is 93.2 Å². The Morgan fingerprint density at radius 1 is 1.25 bits per heavy atom. The summed E-state index contributed by atoms with van der Waals surface area (Å²) >= 11 is 0. The van der Waals surface area contributed by atoms with Gasteiger partial charge in [-0.1, -0.05) is 0 Å². The minimum absolute atomic E-state index is 0.0144. The van der Waals surface area contributed by atoms with Gasteiger partial charge in [-0.05, 0) is 26.8 Å². The number of nitrogens with one attached hydrogen (secondary N) is 2. The maximum atomic E-state index is 11.6. The van der Waals surface area contributed by atoms with Gasteiger partial charge in [0, 0.05) is 25.0 Å². The van der Waals surface area contributed by atoms with Gasteiger partial charge in [-0.3, -0.25) is 9.59 Å². The number of esters is 1. The smallest absolute Gasteiger partial charge is 0.308 e. The quantitative estimate of drug-likeness (QED) is 0.715. The molecule has 0 spiro atoms. The summed E-state index contributed by atoms with van der Waals surface area (Å²) in [5.41, 5.74) is 0. The average Bonchev–Trinajstić information content (AvgIpc) is 2.39. The second-order valence-electron chi connectivity index (χ2n) is 4.54. The van der Waals surface area contributed by atoms with E-state index in [1.54, 1.807) is 25.4 Å². The number of nitrogens with zero attached hydrogens (tertiary/aromatic N) is 2. The van der Waals surface area contributed by atoms with Crippen LogP contribution in [0.1, 0.15) is 27.2 Å². The van der Waals surface area contributed by atoms with Gasteiger partial charge in [0.25, 0.3) is 5.91 Å². The molecule has 0 aliphatic heterocycles. The van der Waals surface area contributed by atoms with Crippen LogP contribution in [0.4, 0.5) is 5.95 Å². The zero-order valence-corrected chi connectivity index (χ0v) is 11.9. The third kappa shape index (κ3) is 6.12. The van der Waals surface area contributed by atoms with E-state index in [1.807, 2.05) is 13.8 Å². The maximum absolute atomic E-state index is 11.6. The van der Waals surface area contributed by atoms with Crippen molar-refractivity contribution in [2.24, 2.45) is 0 Å². The first-order valence-corrected chi connectivity index (χ1v) is 6.49. The maximum Gasteiger partial charge on any atom is 0.308 e. The number of hydrogen-bond acceptors (Lipinski definition) is 6. The van der Waals surface area contributed by atoms with E-state index in [1.165, 1.54) is 0 Å². The molecule has 20 heavy (non-hydrogen) atoms. The van der Waals surface area contributed by atoms with Crippen LogP contribution in [0, 0.1) is 0 Å². The highest BCUT2D eigenvalue weighted by Crippen LogP contribution is 1.98. The first-order valence-electron chi connectivity index (χ1n) is 6.49. The van der Waals surface area contributed by atoms with Gasteiger partial charge in [0.1, 0.15) is 0 Å². The normalized spacial score (nSPS) is 11.8. The lowest BCUT2D eigenvalue weighted by Crippen LogP contribution is -2.39. The fourth-order valence-corrected chi connectivity index (χ4v) is 1.38. The summed E-state index contributed by atoms with van der Waals surface area (Å²) in [5, 5.41) is 5.56. The average molecular weight is 280 g/mol. The second-order valence-corrected chi connectivity index (χ2v) is 4.54. The van der Waals surface area contributed by atoms with Gasteiger partial charge in [-0.2, -0.15) is 0 Å². The molecule has 0 aliphatic rings. The zero-order chi connectivity index (χ0) is 15.0. The van der Waals surface area contributed by atoms with Crippen molar-refractivity contribution >= 4 is 17.8 Å². The molecule has 1 aromatic heterocycles. The van der Waals surface area contributed by atoms with Crippen LogP contribution in [0.3, 0.4) is 0 Å². The number of amides is 1.